The van der Waals surface area contributed by atoms with Crippen LogP contribution in [0.25, 0.3) is 0 Å². The summed E-state index contributed by atoms with van der Waals surface area (Å²) in [5.74, 6) is 0. The average molecular weight is 259 g/mol. The molecule has 0 amide bonds. The van der Waals surface area contributed by atoms with E-state index in [0.29, 0.717) is 13.0 Å². The van der Waals surface area contributed by atoms with Crippen molar-refractivity contribution in [1.82, 2.24) is 4.31 Å². The zero-order valence-corrected chi connectivity index (χ0v) is 10.8. The lowest BCUT2D eigenvalue weighted by molar-refractivity contribution is 0.278. The third-order valence-corrected chi connectivity index (χ3v) is 3.48. The predicted molar refractivity (Wildman–Crippen MR) is 57.5 cm³/mol. The predicted octanol–water partition coefficient (Wildman–Crippen LogP) is -0.366. The van der Waals surface area contributed by atoms with Crippen LogP contribution in [0.15, 0.2) is 0 Å². The molecule has 0 atom stereocenters. The molecule has 0 rings (SSSR count). The Labute approximate surface area is 91.4 Å². The average Bonchev–Trinajstić information content (AvgIpc) is 1.98. The van der Waals surface area contributed by atoms with Crippen molar-refractivity contribution in [2.45, 2.75) is 13.3 Å². The molecule has 6 nitrogen and oxygen atoms in total. The molecule has 8 heteroatoms. The second kappa shape index (κ2) is 5.78. The Hall–Kier alpha value is -0.180. The Morgan fingerprint density at radius 3 is 1.93 bits per heavy atom. The largest absolute Gasteiger partial charge is 0.269 e. The fourth-order valence-electron chi connectivity index (χ4n) is 0.983. The molecule has 92 valence electrons. The first-order chi connectivity index (χ1) is 6.67. The van der Waals surface area contributed by atoms with E-state index in [1.807, 2.05) is 6.92 Å². The van der Waals surface area contributed by atoms with Gasteiger partial charge in [0, 0.05) is 13.1 Å². The van der Waals surface area contributed by atoms with Crippen LogP contribution in [0.3, 0.4) is 0 Å². The van der Waals surface area contributed by atoms with Crippen molar-refractivity contribution in [1.29, 1.82) is 0 Å². The van der Waals surface area contributed by atoms with Crippen LogP contribution in [-0.4, -0.2) is 53.3 Å². The summed E-state index contributed by atoms with van der Waals surface area (Å²) in [4.78, 5) is 0. The van der Waals surface area contributed by atoms with Crippen molar-refractivity contribution >= 4 is 20.1 Å². The van der Waals surface area contributed by atoms with Gasteiger partial charge in [0.05, 0.1) is 19.1 Å². The summed E-state index contributed by atoms with van der Waals surface area (Å²) in [6.07, 6.45) is 2.69. The maximum absolute atomic E-state index is 11.2. The van der Waals surface area contributed by atoms with Crippen LogP contribution >= 0.6 is 0 Å². The van der Waals surface area contributed by atoms with Gasteiger partial charge in [0.15, 0.2) is 0 Å². The molecular weight excluding hydrogens is 242 g/mol. The molecule has 0 fully saturated rings. The summed E-state index contributed by atoms with van der Waals surface area (Å²) in [5, 5.41) is 0. The normalized spacial score (nSPS) is 13.3. The zero-order valence-electron chi connectivity index (χ0n) is 9.13. The molecule has 0 aliphatic rings. The lowest BCUT2D eigenvalue weighted by atomic mass is 10.5. The number of nitrogens with zero attached hydrogens (tertiary/aromatic N) is 1. The molecule has 0 aromatic rings. The van der Waals surface area contributed by atoms with Crippen LogP contribution in [0.5, 0.6) is 0 Å². The maximum atomic E-state index is 11.2. The van der Waals surface area contributed by atoms with Gasteiger partial charge < -0.3 is 0 Å². The summed E-state index contributed by atoms with van der Waals surface area (Å²) < 4.78 is 49.3. The highest BCUT2D eigenvalue weighted by molar-refractivity contribution is 7.88. The first kappa shape index (κ1) is 14.8. The van der Waals surface area contributed by atoms with Crippen molar-refractivity contribution in [3.05, 3.63) is 0 Å². The van der Waals surface area contributed by atoms with Gasteiger partial charge in [-0.05, 0) is 6.42 Å². The van der Waals surface area contributed by atoms with E-state index in [1.54, 1.807) is 0 Å². The van der Waals surface area contributed by atoms with Gasteiger partial charge >= 0.3 is 0 Å². The van der Waals surface area contributed by atoms with Gasteiger partial charge in [0.25, 0.3) is 10.1 Å². The second-order valence-corrected chi connectivity index (χ2v) is 6.81. The Bertz CT molecular complexity index is 372. The Kier molecular flexibility index (Phi) is 5.71. The molecule has 0 saturated carbocycles. The molecule has 0 spiro atoms. The summed E-state index contributed by atoms with van der Waals surface area (Å²) in [6.45, 7) is 2.12. The van der Waals surface area contributed by atoms with Crippen molar-refractivity contribution in [3.63, 3.8) is 0 Å². The Morgan fingerprint density at radius 1 is 1.07 bits per heavy atom. The molecule has 0 aliphatic carbocycles. The number of rotatable bonds is 7. The van der Waals surface area contributed by atoms with Crippen molar-refractivity contribution in [3.8, 4) is 0 Å². The third-order valence-electron chi connectivity index (χ3n) is 1.58. The first-order valence-electron chi connectivity index (χ1n) is 4.46. The zero-order chi connectivity index (χ0) is 12.1. The molecule has 0 aromatic heterocycles. The molecule has 0 unspecified atom stereocenters. The van der Waals surface area contributed by atoms with Crippen LogP contribution in [-0.2, 0) is 24.3 Å². The molecule has 0 saturated heterocycles. The molecule has 0 heterocycles. The highest BCUT2D eigenvalue weighted by Gasteiger charge is 2.15. The lowest BCUT2D eigenvalue weighted by Gasteiger charge is -2.18. The number of hydrogen-bond donors (Lipinski definition) is 0. The highest BCUT2D eigenvalue weighted by Crippen LogP contribution is 2.00. The minimum atomic E-state index is -3.50. The first-order valence-corrected chi connectivity index (χ1v) is 8.13. The Balaban J connectivity index is 4.22. The minimum absolute atomic E-state index is 0.0553. The smallest absolute Gasteiger partial charge is 0.264 e. The molecule has 15 heavy (non-hydrogen) atoms. The van der Waals surface area contributed by atoms with Crippen LogP contribution in [0.1, 0.15) is 13.3 Å². The molecule has 0 aliphatic heterocycles. The second-order valence-electron chi connectivity index (χ2n) is 3.19. The molecule has 0 bridgehead atoms. The molecule has 0 N–H and O–H groups in total. The summed E-state index contributed by atoms with van der Waals surface area (Å²) in [6, 6.07) is 0. The minimum Gasteiger partial charge on any atom is -0.269 e. The van der Waals surface area contributed by atoms with E-state index in [1.165, 1.54) is 4.31 Å². The van der Waals surface area contributed by atoms with Crippen molar-refractivity contribution in [2.75, 3.05) is 32.2 Å². The van der Waals surface area contributed by atoms with Crippen LogP contribution in [0, 0.1) is 0 Å². The van der Waals surface area contributed by atoms with E-state index in [-0.39, 0.29) is 13.2 Å². The summed E-state index contributed by atoms with van der Waals surface area (Å²) in [7, 11) is -6.79. The SMILES string of the molecule is CCCN(CCOS(C)(=O)=O)S(C)(=O)=O. The van der Waals surface area contributed by atoms with Gasteiger partial charge in [-0.2, -0.15) is 12.7 Å². The van der Waals surface area contributed by atoms with Gasteiger partial charge in [0.1, 0.15) is 0 Å². The monoisotopic (exact) mass is 259 g/mol. The lowest BCUT2D eigenvalue weighted by Crippen LogP contribution is -2.34. The van der Waals surface area contributed by atoms with E-state index < -0.39 is 20.1 Å². The van der Waals surface area contributed by atoms with E-state index in [2.05, 4.69) is 4.18 Å². The topological polar surface area (TPSA) is 80.8 Å². The van der Waals surface area contributed by atoms with Gasteiger partial charge in [-0.25, -0.2) is 8.42 Å². The van der Waals surface area contributed by atoms with Crippen LogP contribution in [0.2, 0.25) is 0 Å². The van der Waals surface area contributed by atoms with E-state index in [4.69, 9.17) is 0 Å². The Morgan fingerprint density at radius 2 is 1.60 bits per heavy atom. The summed E-state index contributed by atoms with van der Waals surface area (Å²) >= 11 is 0. The molecule has 0 radical (unpaired) electrons. The highest BCUT2D eigenvalue weighted by atomic mass is 32.2. The summed E-state index contributed by atoms with van der Waals surface area (Å²) in [5.41, 5.74) is 0. The third kappa shape index (κ3) is 7.71. The van der Waals surface area contributed by atoms with Gasteiger partial charge in [-0.3, -0.25) is 4.18 Å². The van der Waals surface area contributed by atoms with E-state index in [9.17, 15) is 16.8 Å². The molecular formula is C7H17NO5S2. The fourth-order valence-corrected chi connectivity index (χ4v) is 2.28. The number of hydrogen-bond acceptors (Lipinski definition) is 5. The van der Waals surface area contributed by atoms with Crippen molar-refractivity contribution < 1.29 is 21.0 Å². The molecule has 0 aromatic carbocycles. The van der Waals surface area contributed by atoms with Gasteiger partial charge in [-0.15, -0.1) is 0 Å². The van der Waals surface area contributed by atoms with Gasteiger partial charge in [0.2, 0.25) is 10.0 Å². The van der Waals surface area contributed by atoms with E-state index >= 15 is 0 Å². The quantitative estimate of drug-likeness (QED) is 0.583. The van der Waals surface area contributed by atoms with Crippen LogP contribution < -0.4 is 0 Å². The van der Waals surface area contributed by atoms with Crippen LogP contribution in [0.4, 0.5) is 0 Å². The fraction of sp³-hybridized carbons (Fsp3) is 1.00. The number of sulfonamides is 1. The standard InChI is InChI=1S/C7H17NO5S2/c1-4-5-8(14(2,9)10)6-7-13-15(3,11)12/h4-7H2,1-3H3. The van der Waals surface area contributed by atoms with Crippen molar-refractivity contribution in [2.24, 2.45) is 0 Å². The van der Waals surface area contributed by atoms with Gasteiger partial charge in [-0.1, -0.05) is 6.92 Å². The van der Waals surface area contributed by atoms with E-state index in [0.717, 1.165) is 12.5 Å². The maximum Gasteiger partial charge on any atom is 0.264 e.